The van der Waals surface area contributed by atoms with Gasteiger partial charge >= 0.3 is 0 Å². The topological polar surface area (TPSA) is 55.6 Å². The largest absolute Gasteiger partial charge is 0.497 e. The van der Waals surface area contributed by atoms with Gasteiger partial charge in [0.05, 0.1) is 7.11 Å². The van der Waals surface area contributed by atoms with E-state index in [0.29, 0.717) is 6.54 Å². The van der Waals surface area contributed by atoms with Crippen LogP contribution in [0.2, 0.25) is 0 Å². The molecule has 1 aliphatic rings. The van der Waals surface area contributed by atoms with Gasteiger partial charge in [0.1, 0.15) is 5.75 Å². The zero-order valence-electron chi connectivity index (χ0n) is 11.7. The van der Waals surface area contributed by atoms with Gasteiger partial charge in [-0.05, 0) is 49.6 Å². The van der Waals surface area contributed by atoms with Crippen LogP contribution in [0.15, 0.2) is 18.2 Å². The molecule has 1 atom stereocenters. The highest BCUT2D eigenvalue weighted by molar-refractivity contribution is 5.96. The molecule has 104 valence electrons. The minimum Gasteiger partial charge on any atom is -0.497 e. The Kier molecular flexibility index (Phi) is 4.43. The lowest BCUT2D eigenvalue weighted by Crippen LogP contribution is -2.39. The van der Waals surface area contributed by atoms with Crippen molar-refractivity contribution in [1.29, 1.82) is 0 Å². The van der Waals surface area contributed by atoms with E-state index in [1.165, 1.54) is 5.56 Å². The van der Waals surface area contributed by atoms with Crippen molar-refractivity contribution in [3.63, 3.8) is 0 Å². The molecule has 0 aromatic heterocycles. The van der Waals surface area contributed by atoms with Gasteiger partial charge in [0.25, 0.3) is 0 Å². The molecule has 19 heavy (non-hydrogen) atoms. The molecule has 0 saturated heterocycles. The standard InChI is InChI=1S/C15H22N2O2/c1-11(7-8-16)15(18)17-9-3-4-12-10-13(19-2)5-6-14(12)17/h5-6,10-11H,3-4,7-9,16H2,1-2H3. The maximum atomic E-state index is 12.4. The Labute approximate surface area is 114 Å². The van der Waals surface area contributed by atoms with Crippen LogP contribution in [-0.4, -0.2) is 26.1 Å². The maximum absolute atomic E-state index is 12.4. The van der Waals surface area contributed by atoms with Gasteiger partial charge in [0.15, 0.2) is 0 Å². The number of hydrogen-bond acceptors (Lipinski definition) is 3. The summed E-state index contributed by atoms with van der Waals surface area (Å²) in [5.41, 5.74) is 7.76. The van der Waals surface area contributed by atoms with E-state index in [1.54, 1.807) is 7.11 Å². The quantitative estimate of drug-likeness (QED) is 0.902. The summed E-state index contributed by atoms with van der Waals surface area (Å²) in [6.45, 7) is 3.30. The second-order valence-corrected chi connectivity index (χ2v) is 5.07. The van der Waals surface area contributed by atoms with Crippen molar-refractivity contribution >= 4 is 11.6 Å². The molecule has 0 radical (unpaired) electrons. The van der Waals surface area contributed by atoms with E-state index in [9.17, 15) is 4.79 Å². The number of nitrogens with zero attached hydrogens (tertiary/aromatic N) is 1. The number of benzene rings is 1. The lowest BCUT2D eigenvalue weighted by atomic mass is 9.98. The molecule has 1 heterocycles. The first-order chi connectivity index (χ1) is 9.17. The normalized spacial score (nSPS) is 15.8. The monoisotopic (exact) mass is 262 g/mol. The third-order valence-corrected chi connectivity index (χ3v) is 3.69. The number of nitrogens with two attached hydrogens (primary N) is 1. The van der Waals surface area contributed by atoms with Crippen LogP contribution < -0.4 is 15.4 Å². The second-order valence-electron chi connectivity index (χ2n) is 5.07. The SMILES string of the molecule is COc1ccc2c(c1)CCCN2C(=O)C(C)CCN. The first-order valence-electron chi connectivity index (χ1n) is 6.85. The summed E-state index contributed by atoms with van der Waals surface area (Å²) in [5, 5.41) is 0. The highest BCUT2D eigenvalue weighted by Crippen LogP contribution is 2.31. The molecule has 2 N–H and O–H groups in total. The average molecular weight is 262 g/mol. The minimum absolute atomic E-state index is 0.0157. The van der Waals surface area contributed by atoms with Gasteiger partial charge in [0, 0.05) is 18.2 Å². The molecule has 1 unspecified atom stereocenters. The third kappa shape index (κ3) is 2.89. The molecule has 4 nitrogen and oxygen atoms in total. The Morgan fingerprint density at radius 3 is 3.00 bits per heavy atom. The summed E-state index contributed by atoms with van der Waals surface area (Å²) in [4.78, 5) is 14.3. The molecule has 1 aliphatic heterocycles. The fourth-order valence-corrected chi connectivity index (χ4v) is 2.57. The molecule has 1 aromatic carbocycles. The van der Waals surface area contributed by atoms with Crippen LogP contribution in [0.1, 0.15) is 25.3 Å². The molecule has 0 spiro atoms. The second kappa shape index (κ2) is 6.06. The Morgan fingerprint density at radius 1 is 1.53 bits per heavy atom. The predicted octanol–water partition coefficient (Wildman–Crippen LogP) is 1.96. The number of rotatable bonds is 4. The summed E-state index contributed by atoms with van der Waals surface area (Å²) in [6, 6.07) is 5.93. The number of methoxy groups -OCH3 is 1. The van der Waals surface area contributed by atoms with Gasteiger partial charge in [-0.2, -0.15) is 0 Å². The van der Waals surface area contributed by atoms with Crippen molar-refractivity contribution < 1.29 is 9.53 Å². The molecular weight excluding hydrogens is 240 g/mol. The Balaban J connectivity index is 2.24. The first-order valence-corrected chi connectivity index (χ1v) is 6.85. The zero-order valence-corrected chi connectivity index (χ0v) is 11.7. The number of amides is 1. The van der Waals surface area contributed by atoms with Crippen molar-refractivity contribution in [3.05, 3.63) is 23.8 Å². The number of carbonyl (C=O) groups excluding carboxylic acids is 1. The van der Waals surface area contributed by atoms with Crippen LogP contribution in [0.4, 0.5) is 5.69 Å². The number of carbonyl (C=O) groups is 1. The molecule has 0 aliphatic carbocycles. The lowest BCUT2D eigenvalue weighted by molar-refractivity contribution is -0.122. The van der Waals surface area contributed by atoms with E-state index in [1.807, 2.05) is 30.0 Å². The van der Waals surface area contributed by atoms with E-state index in [-0.39, 0.29) is 11.8 Å². The van der Waals surface area contributed by atoms with E-state index in [0.717, 1.165) is 37.2 Å². The number of fused-ring (bicyclic) bond motifs is 1. The molecule has 0 saturated carbocycles. The van der Waals surface area contributed by atoms with Gasteiger partial charge in [-0.3, -0.25) is 4.79 Å². The Hall–Kier alpha value is -1.55. The van der Waals surface area contributed by atoms with Crippen molar-refractivity contribution in [2.45, 2.75) is 26.2 Å². The number of ether oxygens (including phenoxy) is 1. The van der Waals surface area contributed by atoms with Crippen LogP contribution in [0.5, 0.6) is 5.75 Å². The Morgan fingerprint density at radius 2 is 2.32 bits per heavy atom. The molecule has 4 heteroatoms. The molecular formula is C15H22N2O2. The number of anilines is 1. The molecule has 0 fully saturated rings. The highest BCUT2D eigenvalue weighted by atomic mass is 16.5. The van der Waals surface area contributed by atoms with Gasteiger partial charge in [-0.1, -0.05) is 6.92 Å². The molecule has 2 rings (SSSR count). The van der Waals surface area contributed by atoms with Crippen LogP contribution in [-0.2, 0) is 11.2 Å². The molecule has 0 bridgehead atoms. The Bertz CT molecular complexity index is 459. The number of aryl methyl sites for hydroxylation is 1. The first kappa shape index (κ1) is 13.9. The number of hydrogen-bond donors (Lipinski definition) is 1. The van der Waals surface area contributed by atoms with Crippen molar-refractivity contribution in [2.24, 2.45) is 11.7 Å². The van der Waals surface area contributed by atoms with Crippen LogP contribution >= 0.6 is 0 Å². The average Bonchev–Trinajstić information content (AvgIpc) is 2.45. The fourth-order valence-electron chi connectivity index (χ4n) is 2.57. The fraction of sp³-hybridized carbons (Fsp3) is 0.533. The van der Waals surface area contributed by atoms with Crippen molar-refractivity contribution in [3.8, 4) is 5.75 Å². The molecule has 1 amide bonds. The predicted molar refractivity (Wildman–Crippen MR) is 76.5 cm³/mol. The smallest absolute Gasteiger partial charge is 0.229 e. The highest BCUT2D eigenvalue weighted by Gasteiger charge is 2.26. The van der Waals surface area contributed by atoms with Gasteiger partial charge in [-0.15, -0.1) is 0 Å². The summed E-state index contributed by atoms with van der Waals surface area (Å²) < 4.78 is 5.24. The van der Waals surface area contributed by atoms with Gasteiger partial charge in [0.2, 0.25) is 5.91 Å². The van der Waals surface area contributed by atoms with Crippen molar-refractivity contribution in [2.75, 3.05) is 25.1 Å². The van der Waals surface area contributed by atoms with Crippen molar-refractivity contribution in [1.82, 2.24) is 0 Å². The third-order valence-electron chi connectivity index (χ3n) is 3.69. The van der Waals surface area contributed by atoms with E-state index in [4.69, 9.17) is 10.5 Å². The van der Waals surface area contributed by atoms with Crippen LogP contribution in [0.25, 0.3) is 0 Å². The van der Waals surface area contributed by atoms with E-state index in [2.05, 4.69) is 0 Å². The maximum Gasteiger partial charge on any atom is 0.229 e. The van der Waals surface area contributed by atoms with Gasteiger partial charge in [-0.25, -0.2) is 0 Å². The molecule has 1 aromatic rings. The summed E-state index contributed by atoms with van der Waals surface area (Å²) in [5.74, 6) is 1.01. The van der Waals surface area contributed by atoms with E-state index >= 15 is 0 Å². The summed E-state index contributed by atoms with van der Waals surface area (Å²) in [6.07, 6.45) is 2.74. The lowest BCUT2D eigenvalue weighted by Gasteiger charge is -2.31. The minimum atomic E-state index is -0.0157. The summed E-state index contributed by atoms with van der Waals surface area (Å²) >= 11 is 0. The van der Waals surface area contributed by atoms with Crippen LogP contribution in [0.3, 0.4) is 0 Å². The van der Waals surface area contributed by atoms with Crippen LogP contribution in [0, 0.1) is 5.92 Å². The van der Waals surface area contributed by atoms with Gasteiger partial charge < -0.3 is 15.4 Å². The van der Waals surface area contributed by atoms with E-state index < -0.39 is 0 Å². The summed E-state index contributed by atoms with van der Waals surface area (Å²) in [7, 11) is 1.66. The zero-order chi connectivity index (χ0) is 13.8.